The molecule has 5 amide bonds. The van der Waals surface area contributed by atoms with Gasteiger partial charge in [-0.2, -0.15) is 0 Å². The molecule has 0 aromatic carbocycles. The monoisotopic (exact) mass is 1700 g/mol. The lowest BCUT2D eigenvalue weighted by Crippen LogP contribution is -2.72. The number of carbonyl (C=O) groups excluding carboxylic acids is 6. The number of aliphatic hydroxyl groups excluding tert-OH is 10. The summed E-state index contributed by atoms with van der Waals surface area (Å²) in [5.41, 5.74) is 13.4. The summed E-state index contributed by atoms with van der Waals surface area (Å²) in [7, 11) is -4.83. The van der Waals surface area contributed by atoms with Gasteiger partial charge in [0.05, 0.1) is 25.9 Å². The third-order valence-corrected chi connectivity index (χ3v) is 20.0. The number of nitrogens with one attached hydrogen (secondary N) is 3. The molecule has 0 aromatic rings. The van der Waals surface area contributed by atoms with Crippen LogP contribution in [0.15, 0.2) is 70.7 Å². The number of hydrogen-bond donors (Lipinski definition) is 18. The number of Topliss-reactive ketones (excluding diaryl/α,β-unsaturated/α-hetero) is 1. The van der Waals surface area contributed by atoms with Crippen molar-refractivity contribution in [1.82, 2.24) is 16.0 Å². The molecule has 5 heterocycles. The predicted octanol–water partition coefficient (Wildman–Crippen LogP) is 1.17. The van der Waals surface area contributed by atoms with E-state index in [1.807, 2.05) is 0 Å². The van der Waals surface area contributed by atoms with Gasteiger partial charge in [0, 0.05) is 45.1 Å². The number of carboxylic acids is 1. The molecule has 0 aromatic heterocycles. The van der Waals surface area contributed by atoms with Crippen molar-refractivity contribution >= 4 is 57.7 Å². The molecule has 26 unspecified atom stereocenters. The molecule has 116 heavy (non-hydrogen) atoms. The minimum atomic E-state index is -5.72. The molecule has 0 bridgehead atoms. The molecular weight excluding hydrogens is 1560 g/mol. The summed E-state index contributed by atoms with van der Waals surface area (Å²) in [6, 6.07) is -3.96. The first-order valence-corrected chi connectivity index (χ1v) is 37.7. The van der Waals surface area contributed by atoms with Crippen LogP contribution < -0.4 is 27.4 Å². The number of aliphatic carboxylic acids is 1. The minimum absolute atomic E-state index is 0. The number of amides is 5. The van der Waals surface area contributed by atoms with E-state index in [2.05, 4.69) is 106 Å². The van der Waals surface area contributed by atoms with Crippen LogP contribution in [0.3, 0.4) is 0 Å². The molecule has 0 spiro atoms. The van der Waals surface area contributed by atoms with E-state index in [1.54, 1.807) is 0 Å². The maximum absolute atomic E-state index is 13.5. The standard InChI is InChI=1S/C45H70N5O34P.C26H44.3CH4.B.FH.2H2/c1-11-30(78-42-29(63)26(60)27(61)32(80-42)37(65)50-19-14(54)6-7-15(19)55)23(57)20(48-12(2)52)39(75-11)79-31-17(9-73-41-28(62)25(59)22(56)16(8-51)76-41)77-40(21(24(31)58)49-13(3)53)81-33-34(83-44(47)68)45(4,69)35(36(46)64)82-43(33)84-85(70,71)74-10-18(72-5)38(66)67;1-9-13-23(4)15-10-11-20-26(7,8)21-19-25(6)18-17-24(5)16-12-14-22(2)3;;;;;;;/h11,16-18,20-35,39-43,51,54,56-63,69H,6-10H2,1-5H3,(H2,46,64)(H2,47,68)(H,48,52)(H,49,53)(H,50,65)(H,66,67)(H,70,71);11,13-14,17,20H,6,9-10,12,15-16,18-19,21H2,1-5,7-8H3;3*1H4;;3*1H/b;20-11+,23-13-,24-17+;;;;;;;/t11?,16?,17?,18-,20?,21?,22?,23?,24?,25?,26?,27?,28?,29?,30?,31?,32?,33?,34?,35?,39?,40?,41?,42?,43?,45?;;;;;;;;/m1......../s1/i;;;;;;;1+1;. The summed E-state index contributed by atoms with van der Waals surface area (Å²) >= 11 is 0. The van der Waals surface area contributed by atoms with Crippen LogP contribution >= 0.6 is 7.82 Å². The Kier molecular flexibility index (Phi) is 46.9. The molecule has 3 radical (unpaired) electrons. The highest BCUT2D eigenvalue weighted by atomic mass is 31.2. The largest absolute Gasteiger partial charge is 0.510 e. The molecule has 6 rings (SSSR count). The molecule has 5 saturated heterocycles. The topological polar surface area (TPSA) is 608 Å². The average molecular weight is 1700 g/mol. The molecule has 20 N–H and O–H groups in total. The fourth-order valence-electron chi connectivity index (χ4n) is 12.7. The third-order valence-electron chi connectivity index (χ3n) is 19.0. The Hall–Kier alpha value is -6.17. The van der Waals surface area contributed by atoms with Gasteiger partial charge in [0.2, 0.25) is 17.7 Å². The quantitative estimate of drug-likeness (QED) is 0.0238. The molecule has 5 fully saturated rings. The first-order valence-electron chi connectivity index (χ1n) is 36.2. The second-order valence-electron chi connectivity index (χ2n) is 29.2. The number of primary amides is 2. The highest BCUT2D eigenvalue weighted by Crippen LogP contribution is 2.49. The third kappa shape index (κ3) is 31.1. The Morgan fingerprint density at radius 2 is 1.28 bits per heavy atom. The zero-order valence-corrected chi connectivity index (χ0v) is 66.1. The van der Waals surface area contributed by atoms with Gasteiger partial charge in [0.25, 0.3) is 5.91 Å². The van der Waals surface area contributed by atoms with E-state index in [4.69, 9.17) is 67.9 Å². The van der Waals surface area contributed by atoms with Crippen molar-refractivity contribution in [3.05, 3.63) is 70.7 Å². The normalized spacial score (nSPS) is 33.5. The number of ketones is 1. The van der Waals surface area contributed by atoms with Gasteiger partial charge in [-0.1, -0.05) is 102 Å². The Labute approximate surface area is 680 Å². The number of nitrogens with two attached hydrogens (primary N) is 2. The number of rotatable bonds is 36. The lowest BCUT2D eigenvalue weighted by molar-refractivity contribution is -0.375. The smallest absolute Gasteiger partial charge is 0.474 e. The SMILES string of the molecule is C.C.C.C=C(C/C=C(\C)CCC=C(C)C)CCC(C)(C)/C=C/CC/C(C)=C\CC.CO[C@H](COP(=O)(O)OC1OC(C(N)=O)C(C)(O)C(OC(N)=O)C1OC1OC(COC2OC(CO)C(O)C(O)C2O)C(OC2OC(C)C(OC3OC(C(=O)NC4=C(O)CCC4=O)C(O)C(O)C3O)C(O)C2NC(C)=O)C(O)C1NC(C)=O)C(=O)O.F.[2HH].[B].[HH]. The van der Waals surface area contributed by atoms with Crippen molar-refractivity contribution in [2.45, 2.75) is 322 Å². The van der Waals surface area contributed by atoms with Gasteiger partial charge >= 0.3 is 19.9 Å². The summed E-state index contributed by atoms with van der Waals surface area (Å²) in [4.78, 5) is 99.2. The zero-order valence-electron chi connectivity index (χ0n) is 65.2. The van der Waals surface area contributed by atoms with Crippen molar-refractivity contribution in [3.8, 4) is 0 Å². The Morgan fingerprint density at radius 3 is 1.81 bits per heavy atom. The molecule has 6 aliphatic rings. The molecule has 39 nitrogen and oxygen atoms in total. The van der Waals surface area contributed by atoms with Gasteiger partial charge in [0.15, 0.2) is 67.8 Å². The van der Waals surface area contributed by atoms with Crippen LogP contribution in [0.5, 0.6) is 0 Å². The molecule has 0 saturated carbocycles. The van der Waals surface area contributed by atoms with E-state index in [0.29, 0.717) is 0 Å². The fourth-order valence-corrected chi connectivity index (χ4v) is 13.6. The summed E-state index contributed by atoms with van der Waals surface area (Å²) in [5, 5.41) is 137. The van der Waals surface area contributed by atoms with Crippen LogP contribution in [0.4, 0.5) is 9.50 Å². The van der Waals surface area contributed by atoms with Gasteiger partial charge in [-0.05, 0) is 98.3 Å². The van der Waals surface area contributed by atoms with E-state index in [1.165, 1.54) is 48.5 Å². The number of allylic oxidation sites excluding steroid dienone is 11. The highest BCUT2D eigenvalue weighted by Gasteiger charge is 2.62. The molecule has 27 atom stereocenters. The van der Waals surface area contributed by atoms with Crippen LogP contribution in [0.25, 0.3) is 0 Å². The molecule has 5 aliphatic heterocycles. The van der Waals surface area contributed by atoms with Crippen molar-refractivity contribution in [2.24, 2.45) is 16.9 Å². The van der Waals surface area contributed by atoms with Crippen molar-refractivity contribution < 1.29 is 173 Å². The van der Waals surface area contributed by atoms with E-state index in [0.717, 1.165) is 60.0 Å². The number of methoxy groups -OCH3 is 1. The summed E-state index contributed by atoms with van der Waals surface area (Å²) in [6.45, 7) is 20.6. The number of ether oxygens (including phenoxy) is 11. The first kappa shape index (κ1) is 110. The van der Waals surface area contributed by atoms with E-state index in [9.17, 15) is 104 Å². The Balaban J connectivity index is -0.00000345. The number of carbonyl (C=O) groups is 7. The fraction of sp³-hybridized carbons (Fsp3) is 0.743. The predicted molar refractivity (Wildman–Crippen MR) is 416 cm³/mol. The van der Waals surface area contributed by atoms with Gasteiger partial charge in [0.1, 0.15) is 102 Å². The van der Waals surface area contributed by atoms with Crippen LogP contribution in [0.1, 0.15) is 166 Å². The van der Waals surface area contributed by atoms with E-state index < -0.39 is 240 Å². The minimum Gasteiger partial charge on any atom is -0.510 e. The molecule has 1 aliphatic carbocycles. The Morgan fingerprint density at radius 1 is 0.733 bits per heavy atom. The number of phosphoric acid groups is 1. The number of carboxylic acid groups (broad SMARTS) is 1. The van der Waals surface area contributed by atoms with Crippen molar-refractivity contribution in [2.75, 3.05) is 26.9 Å². The zero-order chi connectivity index (χ0) is 83.5. The number of aliphatic hydroxyl groups is 11. The summed E-state index contributed by atoms with van der Waals surface area (Å²) < 4.78 is 86.0. The summed E-state index contributed by atoms with van der Waals surface area (Å²) in [6.07, 6.45) is -29.8. The van der Waals surface area contributed by atoms with E-state index in [-0.39, 0.29) is 56.5 Å². The van der Waals surface area contributed by atoms with Gasteiger partial charge < -0.3 is 146 Å². The van der Waals surface area contributed by atoms with Crippen LogP contribution in [-0.4, -0.2) is 302 Å². The molecular formula is C74H131BFN5O34P. The average Bonchev–Trinajstić information content (AvgIpc) is 0.796. The van der Waals surface area contributed by atoms with Crippen LogP contribution in [0, 0.1) is 5.41 Å². The van der Waals surface area contributed by atoms with Crippen LogP contribution in [0.2, 0.25) is 0 Å². The van der Waals surface area contributed by atoms with Gasteiger partial charge in [-0.3, -0.25) is 37.7 Å². The highest BCUT2D eigenvalue weighted by molar-refractivity contribution is 7.47. The second-order valence-corrected chi connectivity index (χ2v) is 30.6. The lowest BCUT2D eigenvalue weighted by Gasteiger charge is -2.52. The maximum Gasteiger partial charge on any atom is 0.474 e. The lowest BCUT2D eigenvalue weighted by atomic mass is 9.85. The van der Waals surface area contributed by atoms with Crippen molar-refractivity contribution in [1.29, 1.82) is 0 Å². The second kappa shape index (κ2) is 49.5. The maximum atomic E-state index is 13.5. The molecule has 671 valence electrons. The summed E-state index contributed by atoms with van der Waals surface area (Å²) in [5.74, 6) is -7.64. The Bertz CT molecular complexity index is 3400. The van der Waals surface area contributed by atoms with Gasteiger partial charge in [-0.25, -0.2) is 14.2 Å². The van der Waals surface area contributed by atoms with E-state index >= 15 is 0 Å². The number of phosphoric ester groups is 1. The first-order chi connectivity index (χ1) is 51.8. The van der Waals surface area contributed by atoms with Crippen molar-refractivity contribution in [3.63, 3.8) is 0 Å². The number of halogens is 1. The number of hydrogen-bond acceptors (Lipinski definition) is 32. The molecule has 42 heteroatoms. The van der Waals surface area contributed by atoms with Gasteiger partial charge in [-0.15, -0.1) is 0 Å². The van der Waals surface area contributed by atoms with Crippen LogP contribution in [-0.2, 0) is 94.5 Å².